The summed E-state index contributed by atoms with van der Waals surface area (Å²) >= 11 is 3.45. The first kappa shape index (κ1) is 10.6. The minimum absolute atomic E-state index is 0.508. The first-order valence-corrected chi connectivity index (χ1v) is 5.54. The average Bonchev–Trinajstić information content (AvgIpc) is 2.16. The lowest BCUT2D eigenvalue weighted by Gasteiger charge is -2.14. The van der Waals surface area contributed by atoms with Gasteiger partial charge in [-0.15, -0.1) is 0 Å². The van der Waals surface area contributed by atoms with E-state index in [2.05, 4.69) is 48.0 Å². The van der Waals surface area contributed by atoms with Crippen molar-refractivity contribution in [2.24, 2.45) is 0 Å². The summed E-state index contributed by atoms with van der Waals surface area (Å²) in [7, 11) is 1.73. The van der Waals surface area contributed by atoms with Crippen molar-refractivity contribution in [1.29, 1.82) is 0 Å². The zero-order valence-corrected chi connectivity index (χ0v) is 9.89. The predicted octanol–water partition coefficient (Wildman–Crippen LogP) is 3.71. The van der Waals surface area contributed by atoms with E-state index >= 15 is 0 Å². The summed E-state index contributed by atoms with van der Waals surface area (Å²) in [5.41, 5.74) is 2.49. The lowest BCUT2D eigenvalue weighted by Crippen LogP contribution is -1.97. The van der Waals surface area contributed by atoms with Gasteiger partial charge in [-0.1, -0.05) is 48.0 Å². The van der Waals surface area contributed by atoms with Crippen LogP contribution in [0, 0.1) is 0 Å². The van der Waals surface area contributed by atoms with E-state index in [4.69, 9.17) is 4.74 Å². The summed E-state index contributed by atoms with van der Waals surface area (Å²) in [5, 5.41) is 0.844. The Labute approximate surface area is 88.2 Å². The highest BCUT2D eigenvalue weighted by atomic mass is 79.9. The lowest BCUT2D eigenvalue weighted by molar-refractivity contribution is 0.404. The molecule has 0 N–H and O–H groups in total. The highest BCUT2D eigenvalue weighted by molar-refractivity contribution is 9.08. The zero-order chi connectivity index (χ0) is 9.84. The number of hydrogen-bond acceptors (Lipinski definition) is 1. The number of methoxy groups -OCH3 is 1. The number of hydrogen-bond donors (Lipinski definition) is 0. The summed E-state index contributed by atoms with van der Waals surface area (Å²) in [4.78, 5) is 0. The van der Waals surface area contributed by atoms with Gasteiger partial charge in [0.1, 0.15) is 5.75 Å². The highest BCUT2D eigenvalue weighted by Gasteiger charge is 2.10. The van der Waals surface area contributed by atoms with Crippen LogP contribution >= 0.6 is 15.9 Å². The second kappa shape index (κ2) is 4.66. The van der Waals surface area contributed by atoms with Crippen molar-refractivity contribution >= 4 is 15.9 Å². The molecule has 2 heteroatoms. The first-order valence-electron chi connectivity index (χ1n) is 4.42. The molecular weight excluding hydrogens is 228 g/mol. The van der Waals surface area contributed by atoms with Gasteiger partial charge in [-0.3, -0.25) is 0 Å². The number of alkyl halides is 1. The molecule has 0 unspecified atom stereocenters. The van der Waals surface area contributed by atoms with E-state index < -0.39 is 0 Å². The maximum atomic E-state index is 5.40. The quantitative estimate of drug-likeness (QED) is 0.735. The minimum atomic E-state index is 0.508. The summed E-state index contributed by atoms with van der Waals surface area (Å²) in [6.07, 6.45) is 0. The van der Waals surface area contributed by atoms with Gasteiger partial charge in [0.2, 0.25) is 0 Å². The molecule has 13 heavy (non-hydrogen) atoms. The number of para-hydroxylation sites is 1. The second-order valence-corrected chi connectivity index (χ2v) is 3.89. The van der Waals surface area contributed by atoms with Crippen molar-refractivity contribution in [2.75, 3.05) is 7.11 Å². The SMILES string of the molecule is COc1c(CBr)cccc1C(C)C. The molecule has 1 aromatic rings. The number of halogens is 1. The maximum Gasteiger partial charge on any atom is 0.126 e. The van der Waals surface area contributed by atoms with E-state index in [9.17, 15) is 0 Å². The molecule has 0 aliphatic heterocycles. The zero-order valence-electron chi connectivity index (χ0n) is 8.30. The summed E-state index contributed by atoms with van der Waals surface area (Å²) < 4.78 is 5.40. The largest absolute Gasteiger partial charge is 0.496 e. The smallest absolute Gasteiger partial charge is 0.126 e. The van der Waals surface area contributed by atoms with Crippen LogP contribution in [-0.4, -0.2) is 7.11 Å². The molecule has 1 aromatic carbocycles. The van der Waals surface area contributed by atoms with Crippen LogP contribution in [-0.2, 0) is 5.33 Å². The van der Waals surface area contributed by atoms with E-state index in [1.165, 1.54) is 11.1 Å². The Kier molecular flexibility index (Phi) is 3.79. The van der Waals surface area contributed by atoms with Gasteiger partial charge >= 0.3 is 0 Å². The van der Waals surface area contributed by atoms with Crippen LogP contribution in [0.5, 0.6) is 5.75 Å². The Morgan fingerprint density at radius 2 is 2.08 bits per heavy atom. The molecule has 0 heterocycles. The van der Waals surface area contributed by atoms with Crippen molar-refractivity contribution in [3.8, 4) is 5.75 Å². The van der Waals surface area contributed by atoms with E-state index in [0.717, 1.165) is 11.1 Å². The molecule has 72 valence electrons. The Bertz CT molecular complexity index is 281. The molecule has 0 saturated carbocycles. The molecule has 0 saturated heterocycles. The third-order valence-electron chi connectivity index (χ3n) is 2.10. The van der Waals surface area contributed by atoms with Crippen LogP contribution in [0.25, 0.3) is 0 Å². The van der Waals surface area contributed by atoms with Crippen LogP contribution < -0.4 is 4.74 Å². The van der Waals surface area contributed by atoms with Gasteiger partial charge < -0.3 is 4.74 Å². The molecule has 0 aliphatic rings. The number of benzene rings is 1. The van der Waals surface area contributed by atoms with Gasteiger partial charge in [-0.05, 0) is 11.5 Å². The Morgan fingerprint density at radius 1 is 1.38 bits per heavy atom. The molecule has 0 bridgehead atoms. The molecule has 0 fully saturated rings. The van der Waals surface area contributed by atoms with Gasteiger partial charge in [0, 0.05) is 10.9 Å². The lowest BCUT2D eigenvalue weighted by atomic mass is 10.00. The fraction of sp³-hybridized carbons (Fsp3) is 0.455. The Balaban J connectivity index is 3.19. The summed E-state index contributed by atoms with van der Waals surface area (Å²) in [5.74, 6) is 1.53. The molecule has 0 radical (unpaired) electrons. The topological polar surface area (TPSA) is 9.23 Å². The molecular formula is C11H15BrO. The van der Waals surface area contributed by atoms with Crippen LogP contribution in [0.15, 0.2) is 18.2 Å². The Morgan fingerprint density at radius 3 is 2.54 bits per heavy atom. The maximum absolute atomic E-state index is 5.40. The fourth-order valence-corrected chi connectivity index (χ4v) is 1.86. The first-order chi connectivity index (χ1) is 6.20. The van der Waals surface area contributed by atoms with E-state index in [1.807, 2.05) is 0 Å². The number of rotatable bonds is 3. The molecule has 0 aromatic heterocycles. The third kappa shape index (κ3) is 2.25. The van der Waals surface area contributed by atoms with E-state index in [0.29, 0.717) is 5.92 Å². The highest BCUT2D eigenvalue weighted by Crippen LogP contribution is 2.30. The second-order valence-electron chi connectivity index (χ2n) is 3.33. The van der Waals surface area contributed by atoms with Gasteiger partial charge in [0.15, 0.2) is 0 Å². The predicted molar refractivity (Wildman–Crippen MR) is 59.7 cm³/mol. The molecule has 0 atom stereocenters. The van der Waals surface area contributed by atoms with Crippen LogP contribution in [0.4, 0.5) is 0 Å². The standard InChI is InChI=1S/C11H15BrO/c1-8(2)10-6-4-5-9(7-12)11(10)13-3/h4-6,8H,7H2,1-3H3. The monoisotopic (exact) mass is 242 g/mol. The van der Waals surface area contributed by atoms with E-state index in [1.54, 1.807) is 7.11 Å². The summed E-state index contributed by atoms with van der Waals surface area (Å²) in [6.45, 7) is 4.35. The van der Waals surface area contributed by atoms with Crippen LogP contribution in [0.3, 0.4) is 0 Å². The fourth-order valence-electron chi connectivity index (χ4n) is 1.41. The van der Waals surface area contributed by atoms with Crippen molar-refractivity contribution in [3.05, 3.63) is 29.3 Å². The molecule has 0 aliphatic carbocycles. The van der Waals surface area contributed by atoms with Crippen molar-refractivity contribution in [3.63, 3.8) is 0 Å². The van der Waals surface area contributed by atoms with Crippen molar-refractivity contribution < 1.29 is 4.74 Å². The molecule has 1 nitrogen and oxygen atoms in total. The summed E-state index contributed by atoms with van der Waals surface area (Å²) in [6, 6.07) is 6.28. The van der Waals surface area contributed by atoms with E-state index in [-0.39, 0.29) is 0 Å². The van der Waals surface area contributed by atoms with Gasteiger partial charge in [0.25, 0.3) is 0 Å². The molecule has 1 rings (SSSR count). The van der Waals surface area contributed by atoms with Gasteiger partial charge in [-0.25, -0.2) is 0 Å². The average molecular weight is 243 g/mol. The van der Waals surface area contributed by atoms with Gasteiger partial charge in [0.05, 0.1) is 7.11 Å². The van der Waals surface area contributed by atoms with Crippen LogP contribution in [0.2, 0.25) is 0 Å². The third-order valence-corrected chi connectivity index (χ3v) is 2.70. The van der Waals surface area contributed by atoms with Gasteiger partial charge in [-0.2, -0.15) is 0 Å². The molecule has 0 amide bonds. The van der Waals surface area contributed by atoms with Crippen LogP contribution in [0.1, 0.15) is 30.9 Å². The Hall–Kier alpha value is -0.500. The minimum Gasteiger partial charge on any atom is -0.496 e. The van der Waals surface area contributed by atoms with Crippen molar-refractivity contribution in [2.45, 2.75) is 25.1 Å². The number of ether oxygens (including phenoxy) is 1. The van der Waals surface area contributed by atoms with Crippen molar-refractivity contribution in [1.82, 2.24) is 0 Å². The normalized spacial score (nSPS) is 10.5. The molecule has 0 spiro atoms.